The van der Waals surface area contributed by atoms with E-state index in [0.717, 1.165) is 22.2 Å². The zero-order valence-corrected chi connectivity index (χ0v) is 14.1. The van der Waals surface area contributed by atoms with Gasteiger partial charge in [-0.1, -0.05) is 17.4 Å². The van der Waals surface area contributed by atoms with Crippen LogP contribution in [0.5, 0.6) is 0 Å². The number of hydrogen-bond donors (Lipinski definition) is 1. The smallest absolute Gasteiger partial charge is 0.183 e. The second-order valence-corrected chi connectivity index (χ2v) is 7.70. The standard InChI is InChI=1S/C15H14N2OS3/c1-9-14(10(2)18)21-15(17-9)16-8-11-5-6-13(20-11)12-4-3-7-19-12/h3-7H,8H2,1-2H3,(H,16,17). The Bertz CT molecular complexity index is 756. The quantitative estimate of drug-likeness (QED) is 0.663. The van der Waals surface area contributed by atoms with Gasteiger partial charge in [0.1, 0.15) is 0 Å². The Hall–Kier alpha value is -1.50. The highest BCUT2D eigenvalue weighted by Gasteiger charge is 2.11. The average molecular weight is 334 g/mol. The highest BCUT2D eigenvalue weighted by Crippen LogP contribution is 2.32. The normalized spacial score (nSPS) is 10.8. The first-order chi connectivity index (χ1) is 10.1. The van der Waals surface area contributed by atoms with E-state index in [1.807, 2.05) is 6.92 Å². The summed E-state index contributed by atoms with van der Waals surface area (Å²) in [4.78, 5) is 20.4. The molecule has 0 amide bonds. The first-order valence-corrected chi connectivity index (χ1v) is 8.99. The summed E-state index contributed by atoms with van der Waals surface area (Å²) in [5, 5.41) is 6.21. The number of ketones is 1. The van der Waals surface area contributed by atoms with Gasteiger partial charge in [-0.25, -0.2) is 4.98 Å². The van der Waals surface area contributed by atoms with Crippen molar-refractivity contribution in [2.75, 3.05) is 5.32 Å². The van der Waals surface area contributed by atoms with E-state index in [1.165, 1.54) is 26.0 Å². The fourth-order valence-corrected chi connectivity index (χ4v) is 4.62. The van der Waals surface area contributed by atoms with E-state index >= 15 is 0 Å². The van der Waals surface area contributed by atoms with Crippen LogP contribution in [0.1, 0.15) is 27.2 Å². The van der Waals surface area contributed by atoms with E-state index < -0.39 is 0 Å². The van der Waals surface area contributed by atoms with Crippen molar-refractivity contribution in [3.05, 3.63) is 45.1 Å². The Balaban J connectivity index is 1.68. The summed E-state index contributed by atoms with van der Waals surface area (Å²) in [6.07, 6.45) is 0. The van der Waals surface area contributed by atoms with E-state index in [2.05, 4.69) is 39.9 Å². The predicted molar refractivity (Wildman–Crippen MR) is 91.8 cm³/mol. The monoisotopic (exact) mass is 334 g/mol. The maximum Gasteiger partial charge on any atom is 0.183 e. The van der Waals surface area contributed by atoms with Crippen LogP contribution >= 0.6 is 34.0 Å². The van der Waals surface area contributed by atoms with Gasteiger partial charge >= 0.3 is 0 Å². The molecule has 3 heterocycles. The maximum atomic E-state index is 11.4. The van der Waals surface area contributed by atoms with Gasteiger partial charge in [0, 0.05) is 21.6 Å². The SMILES string of the molecule is CC(=O)c1sc(NCc2ccc(-c3cccs3)s2)nc1C. The lowest BCUT2D eigenvalue weighted by molar-refractivity contribution is 0.102. The summed E-state index contributed by atoms with van der Waals surface area (Å²) >= 11 is 4.97. The fraction of sp³-hybridized carbons (Fsp3) is 0.200. The molecule has 0 saturated carbocycles. The summed E-state index contributed by atoms with van der Waals surface area (Å²) in [6, 6.07) is 8.50. The molecule has 0 aromatic carbocycles. The van der Waals surface area contributed by atoms with Crippen molar-refractivity contribution in [1.29, 1.82) is 0 Å². The van der Waals surface area contributed by atoms with Gasteiger partial charge < -0.3 is 5.32 Å². The molecule has 0 bridgehead atoms. The van der Waals surface area contributed by atoms with Crippen LogP contribution in [0.4, 0.5) is 5.13 Å². The molecule has 0 aliphatic carbocycles. The summed E-state index contributed by atoms with van der Waals surface area (Å²) in [5.74, 6) is 0.0779. The number of nitrogens with zero attached hydrogens (tertiary/aromatic N) is 1. The highest BCUT2D eigenvalue weighted by atomic mass is 32.1. The number of aryl methyl sites for hydroxylation is 1. The van der Waals surface area contributed by atoms with Gasteiger partial charge in [-0.2, -0.15) is 0 Å². The van der Waals surface area contributed by atoms with Gasteiger partial charge in [0.05, 0.1) is 17.1 Å². The van der Waals surface area contributed by atoms with Crippen molar-refractivity contribution in [3.63, 3.8) is 0 Å². The van der Waals surface area contributed by atoms with Crippen molar-refractivity contribution in [3.8, 4) is 9.75 Å². The first-order valence-electron chi connectivity index (χ1n) is 6.48. The lowest BCUT2D eigenvalue weighted by Gasteiger charge is -1.98. The number of thiophene rings is 2. The maximum absolute atomic E-state index is 11.4. The van der Waals surface area contributed by atoms with E-state index in [-0.39, 0.29) is 5.78 Å². The number of hydrogen-bond acceptors (Lipinski definition) is 6. The Morgan fingerprint density at radius 3 is 2.76 bits per heavy atom. The highest BCUT2D eigenvalue weighted by molar-refractivity contribution is 7.21. The molecule has 3 rings (SSSR count). The number of carbonyl (C=O) groups is 1. The average Bonchev–Trinajstić information content (AvgIpc) is 3.16. The number of aromatic nitrogens is 1. The van der Waals surface area contributed by atoms with Crippen LogP contribution in [0.15, 0.2) is 29.6 Å². The molecule has 0 atom stereocenters. The third kappa shape index (κ3) is 3.23. The molecule has 3 aromatic rings. The van der Waals surface area contributed by atoms with Gasteiger partial charge in [-0.3, -0.25) is 4.79 Å². The van der Waals surface area contributed by atoms with Gasteiger partial charge in [0.15, 0.2) is 10.9 Å². The topological polar surface area (TPSA) is 42.0 Å². The Kier molecular flexibility index (Phi) is 4.19. The van der Waals surface area contributed by atoms with Gasteiger partial charge in [-0.15, -0.1) is 22.7 Å². The van der Waals surface area contributed by atoms with Crippen molar-refractivity contribution in [2.45, 2.75) is 20.4 Å². The molecule has 21 heavy (non-hydrogen) atoms. The molecular formula is C15H14N2OS3. The van der Waals surface area contributed by atoms with Gasteiger partial charge in [0.2, 0.25) is 0 Å². The van der Waals surface area contributed by atoms with E-state index in [4.69, 9.17) is 0 Å². The van der Waals surface area contributed by atoms with Crippen LogP contribution < -0.4 is 5.32 Å². The Morgan fingerprint density at radius 2 is 2.10 bits per heavy atom. The van der Waals surface area contributed by atoms with Crippen LogP contribution in [0.3, 0.4) is 0 Å². The molecular weight excluding hydrogens is 320 g/mol. The molecule has 0 radical (unpaired) electrons. The largest absolute Gasteiger partial charge is 0.357 e. The van der Waals surface area contributed by atoms with Crippen molar-refractivity contribution in [2.24, 2.45) is 0 Å². The Labute approximate surface area is 135 Å². The minimum absolute atomic E-state index is 0.0779. The number of anilines is 1. The fourth-order valence-electron chi connectivity index (χ4n) is 1.99. The van der Waals surface area contributed by atoms with Crippen molar-refractivity contribution < 1.29 is 4.79 Å². The molecule has 0 spiro atoms. The molecule has 0 fully saturated rings. The Morgan fingerprint density at radius 1 is 1.24 bits per heavy atom. The number of thiazole rings is 1. The molecule has 108 valence electrons. The van der Waals surface area contributed by atoms with E-state index in [1.54, 1.807) is 29.6 Å². The molecule has 0 saturated heterocycles. The third-order valence-electron chi connectivity index (χ3n) is 2.96. The minimum Gasteiger partial charge on any atom is -0.357 e. The zero-order chi connectivity index (χ0) is 14.8. The molecule has 0 aliphatic heterocycles. The number of rotatable bonds is 5. The van der Waals surface area contributed by atoms with Gasteiger partial charge in [-0.05, 0) is 30.5 Å². The van der Waals surface area contributed by atoms with Crippen LogP contribution in [0.2, 0.25) is 0 Å². The summed E-state index contributed by atoms with van der Waals surface area (Å²) in [6.45, 7) is 4.19. The lowest BCUT2D eigenvalue weighted by atomic mass is 10.3. The second-order valence-electron chi connectivity index (χ2n) is 4.59. The predicted octanol–water partition coefficient (Wildman–Crippen LogP) is 5.06. The molecule has 1 N–H and O–H groups in total. The van der Waals surface area contributed by atoms with Crippen molar-refractivity contribution in [1.82, 2.24) is 4.98 Å². The van der Waals surface area contributed by atoms with Crippen LogP contribution in [-0.4, -0.2) is 10.8 Å². The van der Waals surface area contributed by atoms with E-state index in [0.29, 0.717) is 0 Å². The molecule has 3 nitrogen and oxygen atoms in total. The lowest BCUT2D eigenvalue weighted by Crippen LogP contribution is -1.96. The van der Waals surface area contributed by atoms with Crippen LogP contribution in [0, 0.1) is 6.92 Å². The molecule has 6 heteroatoms. The number of carbonyl (C=O) groups excluding carboxylic acids is 1. The molecule has 0 aliphatic rings. The van der Waals surface area contributed by atoms with Crippen LogP contribution in [0.25, 0.3) is 9.75 Å². The summed E-state index contributed by atoms with van der Waals surface area (Å²) in [7, 11) is 0. The van der Waals surface area contributed by atoms with Crippen LogP contribution in [-0.2, 0) is 6.54 Å². The second kappa shape index (κ2) is 6.09. The summed E-state index contributed by atoms with van der Waals surface area (Å²) in [5.41, 5.74) is 0.806. The summed E-state index contributed by atoms with van der Waals surface area (Å²) < 4.78 is 0. The number of Topliss-reactive ketones (excluding diaryl/α,β-unsaturated/α-hetero) is 1. The zero-order valence-electron chi connectivity index (χ0n) is 11.7. The van der Waals surface area contributed by atoms with Crippen molar-refractivity contribution >= 4 is 44.9 Å². The first kappa shape index (κ1) is 14.4. The third-order valence-corrected chi connectivity index (χ3v) is 6.32. The number of nitrogens with one attached hydrogen (secondary N) is 1. The minimum atomic E-state index is 0.0779. The van der Waals surface area contributed by atoms with E-state index in [9.17, 15) is 4.79 Å². The molecule has 0 unspecified atom stereocenters. The van der Waals surface area contributed by atoms with Gasteiger partial charge in [0.25, 0.3) is 0 Å². The molecule has 3 aromatic heterocycles.